The summed E-state index contributed by atoms with van der Waals surface area (Å²) in [5.41, 5.74) is 0. The Bertz CT molecular complexity index is 433. The third kappa shape index (κ3) is 4.92. The minimum absolute atomic E-state index is 0. The van der Waals surface area contributed by atoms with E-state index < -0.39 is 12.6 Å². The molecule has 19 heavy (non-hydrogen) atoms. The monoisotopic (exact) mass is 316 g/mol. The normalized spacial score (nSPS) is 19.0. The van der Waals surface area contributed by atoms with Crippen LogP contribution in [0.25, 0.3) is 0 Å². The number of anilines is 1. The highest BCUT2D eigenvalue weighted by molar-refractivity contribution is 7.15. The van der Waals surface area contributed by atoms with E-state index in [-0.39, 0.29) is 34.5 Å². The Morgan fingerprint density at radius 2 is 2.21 bits per heavy atom. The van der Waals surface area contributed by atoms with Gasteiger partial charge in [0.05, 0.1) is 12.5 Å². The molecule has 1 amide bonds. The maximum atomic E-state index is 12.1. The number of halogens is 4. The van der Waals surface area contributed by atoms with E-state index in [0.29, 0.717) is 0 Å². The summed E-state index contributed by atoms with van der Waals surface area (Å²) >= 11 is 0.745. The fraction of sp³-hybridized carbons (Fsp3) is 0.667. The highest BCUT2D eigenvalue weighted by atomic mass is 35.5. The molecule has 1 aromatic heterocycles. The smallest absolute Gasteiger partial charge is 0.306 e. The van der Waals surface area contributed by atoms with Crippen LogP contribution in [0.3, 0.4) is 0 Å². The predicted molar refractivity (Wildman–Crippen MR) is 66.6 cm³/mol. The summed E-state index contributed by atoms with van der Waals surface area (Å²) in [7, 11) is 0. The van der Waals surface area contributed by atoms with Gasteiger partial charge in [-0.05, 0) is 19.4 Å². The number of hydrogen-bond acceptors (Lipinski definition) is 5. The molecule has 1 saturated heterocycles. The Morgan fingerprint density at radius 3 is 2.79 bits per heavy atom. The van der Waals surface area contributed by atoms with Crippen molar-refractivity contribution in [1.82, 2.24) is 15.5 Å². The summed E-state index contributed by atoms with van der Waals surface area (Å²) in [5, 5.41) is 12.3. The number of alkyl halides is 3. The molecule has 2 heterocycles. The van der Waals surface area contributed by atoms with Crippen LogP contribution in [-0.2, 0) is 11.2 Å². The molecule has 0 aromatic carbocycles. The second kappa shape index (κ2) is 6.49. The molecule has 1 aliphatic heterocycles. The number of amides is 1. The van der Waals surface area contributed by atoms with E-state index in [0.717, 1.165) is 30.7 Å². The van der Waals surface area contributed by atoms with Gasteiger partial charge in [0.2, 0.25) is 11.0 Å². The lowest BCUT2D eigenvalue weighted by molar-refractivity contribution is -0.127. The van der Waals surface area contributed by atoms with E-state index in [2.05, 4.69) is 20.8 Å². The highest BCUT2D eigenvalue weighted by Crippen LogP contribution is 2.25. The average Bonchev–Trinajstić information content (AvgIpc) is 2.86. The fourth-order valence-corrected chi connectivity index (χ4v) is 2.42. The molecule has 108 valence electrons. The van der Waals surface area contributed by atoms with Gasteiger partial charge in [-0.1, -0.05) is 11.3 Å². The zero-order chi connectivity index (χ0) is 13.2. The lowest BCUT2D eigenvalue weighted by Gasteiger charge is -2.07. The maximum absolute atomic E-state index is 12.1. The molecule has 2 rings (SSSR count). The van der Waals surface area contributed by atoms with Crippen molar-refractivity contribution in [2.75, 3.05) is 11.9 Å². The number of nitrogens with zero attached hydrogens (tertiary/aromatic N) is 2. The van der Waals surface area contributed by atoms with Gasteiger partial charge >= 0.3 is 6.18 Å². The summed E-state index contributed by atoms with van der Waals surface area (Å²) in [4.78, 5) is 11.7. The van der Waals surface area contributed by atoms with Crippen molar-refractivity contribution in [3.63, 3.8) is 0 Å². The Balaban J connectivity index is 0.00000180. The molecular formula is C9H12ClF3N4OS. The molecule has 0 aliphatic carbocycles. The molecule has 2 N–H and O–H groups in total. The summed E-state index contributed by atoms with van der Waals surface area (Å²) in [5.74, 6) is -0.276. The van der Waals surface area contributed by atoms with Crippen LogP contribution < -0.4 is 10.6 Å². The van der Waals surface area contributed by atoms with Crippen molar-refractivity contribution in [2.45, 2.75) is 31.5 Å². The predicted octanol–water partition coefficient (Wildman–Crippen LogP) is 1.76. The molecule has 1 aliphatic rings. The first-order valence-electron chi connectivity index (χ1n) is 5.37. The van der Waals surface area contributed by atoms with Gasteiger partial charge in [0.1, 0.15) is 5.01 Å². The highest BCUT2D eigenvalue weighted by Gasteiger charge is 2.30. The molecule has 0 saturated carbocycles. The van der Waals surface area contributed by atoms with Gasteiger partial charge in [0, 0.05) is 0 Å². The zero-order valence-electron chi connectivity index (χ0n) is 9.66. The molecule has 0 radical (unpaired) electrons. The van der Waals surface area contributed by atoms with Gasteiger partial charge < -0.3 is 5.32 Å². The number of nitrogens with one attached hydrogen (secondary N) is 2. The van der Waals surface area contributed by atoms with Crippen molar-refractivity contribution in [3.05, 3.63) is 5.01 Å². The van der Waals surface area contributed by atoms with Gasteiger partial charge in [0.15, 0.2) is 0 Å². The third-order valence-corrected chi connectivity index (χ3v) is 3.26. The van der Waals surface area contributed by atoms with Crippen LogP contribution in [0.15, 0.2) is 0 Å². The lowest BCUT2D eigenvalue weighted by atomic mass is 10.2. The topological polar surface area (TPSA) is 66.9 Å². The Kier molecular flexibility index (Phi) is 5.50. The van der Waals surface area contributed by atoms with Crippen LogP contribution in [0.2, 0.25) is 0 Å². The number of rotatable bonds is 3. The molecule has 5 nitrogen and oxygen atoms in total. The minimum atomic E-state index is -4.31. The first-order chi connectivity index (χ1) is 8.44. The van der Waals surface area contributed by atoms with Crippen molar-refractivity contribution >= 4 is 34.8 Å². The van der Waals surface area contributed by atoms with Crippen LogP contribution in [0.4, 0.5) is 18.3 Å². The van der Waals surface area contributed by atoms with Gasteiger partial charge in [0.25, 0.3) is 0 Å². The van der Waals surface area contributed by atoms with Crippen LogP contribution in [0.5, 0.6) is 0 Å². The van der Waals surface area contributed by atoms with E-state index >= 15 is 0 Å². The molecule has 10 heteroatoms. The molecule has 1 aromatic rings. The first kappa shape index (κ1) is 16.1. The maximum Gasteiger partial charge on any atom is 0.395 e. The van der Waals surface area contributed by atoms with Crippen LogP contribution >= 0.6 is 23.7 Å². The first-order valence-corrected chi connectivity index (χ1v) is 6.19. The average molecular weight is 317 g/mol. The van der Waals surface area contributed by atoms with E-state index in [1.165, 1.54) is 0 Å². The second-order valence-electron chi connectivity index (χ2n) is 3.93. The van der Waals surface area contributed by atoms with E-state index in [1.807, 2.05) is 0 Å². The van der Waals surface area contributed by atoms with Crippen LogP contribution in [-0.4, -0.2) is 34.9 Å². The van der Waals surface area contributed by atoms with Crippen molar-refractivity contribution in [1.29, 1.82) is 0 Å². The van der Waals surface area contributed by atoms with Crippen molar-refractivity contribution in [2.24, 2.45) is 0 Å². The molecule has 0 bridgehead atoms. The summed E-state index contributed by atoms with van der Waals surface area (Å²) in [6, 6.07) is -0.292. The molecule has 0 spiro atoms. The minimum Gasteiger partial charge on any atom is -0.306 e. The number of aromatic nitrogens is 2. The van der Waals surface area contributed by atoms with Crippen molar-refractivity contribution < 1.29 is 18.0 Å². The van der Waals surface area contributed by atoms with Gasteiger partial charge in [-0.3, -0.25) is 10.1 Å². The standard InChI is InChI=1S/C9H11F3N4OS.ClH/c10-9(11,12)4-6-15-16-8(18-6)14-7(17)5-2-1-3-13-5;/h5,13H,1-4H2,(H,14,16,17);1H. The Labute approximate surface area is 117 Å². The summed E-state index contributed by atoms with van der Waals surface area (Å²) in [6.07, 6.45) is -3.80. The summed E-state index contributed by atoms with van der Waals surface area (Å²) < 4.78 is 36.3. The van der Waals surface area contributed by atoms with Crippen LogP contribution in [0.1, 0.15) is 17.8 Å². The molecular weight excluding hydrogens is 305 g/mol. The third-order valence-electron chi connectivity index (χ3n) is 2.43. The zero-order valence-corrected chi connectivity index (χ0v) is 11.3. The SMILES string of the molecule is Cl.O=C(Nc1nnc(CC(F)(F)F)s1)C1CCCN1. The second-order valence-corrected chi connectivity index (χ2v) is 4.99. The molecule has 1 atom stereocenters. The Hall–Kier alpha value is -0.930. The van der Waals surface area contributed by atoms with E-state index in [9.17, 15) is 18.0 Å². The number of carbonyl (C=O) groups is 1. The largest absolute Gasteiger partial charge is 0.395 e. The Morgan fingerprint density at radius 1 is 1.47 bits per heavy atom. The molecule has 1 unspecified atom stereocenters. The fourth-order valence-electron chi connectivity index (χ4n) is 1.65. The van der Waals surface area contributed by atoms with Gasteiger partial charge in [-0.25, -0.2) is 0 Å². The summed E-state index contributed by atoms with van der Waals surface area (Å²) in [6.45, 7) is 0.771. The van der Waals surface area contributed by atoms with E-state index in [4.69, 9.17) is 0 Å². The van der Waals surface area contributed by atoms with Gasteiger partial charge in [-0.2, -0.15) is 13.2 Å². The quantitative estimate of drug-likeness (QED) is 0.891. The number of carbonyl (C=O) groups excluding carboxylic acids is 1. The molecule has 1 fully saturated rings. The number of hydrogen-bond donors (Lipinski definition) is 2. The lowest BCUT2D eigenvalue weighted by Crippen LogP contribution is -2.35. The van der Waals surface area contributed by atoms with Crippen molar-refractivity contribution in [3.8, 4) is 0 Å². The van der Waals surface area contributed by atoms with Crippen LogP contribution in [0, 0.1) is 0 Å². The van der Waals surface area contributed by atoms with E-state index in [1.54, 1.807) is 0 Å². The van der Waals surface area contributed by atoms with Gasteiger partial charge in [-0.15, -0.1) is 22.6 Å².